The molecule has 2 aromatic rings. The molecule has 8 nitrogen and oxygen atoms in total. The number of aromatic nitrogens is 4. The summed E-state index contributed by atoms with van der Waals surface area (Å²) < 4.78 is 1.50. The largest absolute Gasteiger partial charge is 0.481 e. The van der Waals surface area contributed by atoms with Gasteiger partial charge in [0.05, 0.1) is 0 Å². The summed E-state index contributed by atoms with van der Waals surface area (Å²) in [4.78, 5) is 22.4. The summed E-state index contributed by atoms with van der Waals surface area (Å²) in [5.74, 6) is -2.32. The lowest BCUT2D eigenvalue weighted by molar-refractivity contribution is -0.144. The van der Waals surface area contributed by atoms with Crippen molar-refractivity contribution in [3.05, 3.63) is 24.3 Å². The van der Waals surface area contributed by atoms with Crippen LogP contribution in [0.2, 0.25) is 0 Å². The van der Waals surface area contributed by atoms with E-state index in [1.807, 2.05) is 0 Å². The zero-order valence-corrected chi connectivity index (χ0v) is 10.9. The number of amides is 1. The first-order chi connectivity index (χ1) is 9.49. The molecule has 0 fully saturated rings. The third-order valence-electron chi connectivity index (χ3n) is 2.77. The molecule has 1 unspecified atom stereocenters. The monoisotopic (exact) mass is 275 g/mol. The normalized spacial score (nSPS) is 11.9. The van der Waals surface area contributed by atoms with Crippen LogP contribution in [0.1, 0.15) is 6.92 Å². The molecule has 0 aliphatic heterocycles. The highest BCUT2D eigenvalue weighted by Crippen LogP contribution is 2.19. The number of aryl methyl sites for hydroxylation is 1. The van der Waals surface area contributed by atoms with Gasteiger partial charge in [0.15, 0.2) is 5.82 Å². The molecule has 0 saturated heterocycles. The summed E-state index contributed by atoms with van der Waals surface area (Å²) in [5, 5.41) is 22.5. The molecule has 8 heteroatoms. The lowest BCUT2D eigenvalue weighted by Crippen LogP contribution is -2.26. The summed E-state index contributed by atoms with van der Waals surface area (Å²) in [6.07, 6.45) is 0. The molecule has 20 heavy (non-hydrogen) atoms. The third-order valence-corrected chi connectivity index (χ3v) is 2.77. The molecule has 0 aliphatic rings. The van der Waals surface area contributed by atoms with Crippen molar-refractivity contribution >= 4 is 17.6 Å². The quantitative estimate of drug-likeness (QED) is 0.788. The van der Waals surface area contributed by atoms with Gasteiger partial charge in [0, 0.05) is 18.3 Å². The lowest BCUT2D eigenvalue weighted by Gasteiger charge is -2.09. The maximum Gasteiger partial charge on any atom is 0.315 e. The number of aliphatic carboxylic acids is 1. The Morgan fingerprint density at radius 3 is 2.75 bits per heavy atom. The molecule has 1 amide bonds. The van der Waals surface area contributed by atoms with E-state index >= 15 is 0 Å². The molecule has 0 saturated carbocycles. The predicted octanol–water partition coefficient (Wildman–Crippen LogP) is 0.536. The van der Waals surface area contributed by atoms with Gasteiger partial charge in [-0.25, -0.2) is 4.68 Å². The highest BCUT2D eigenvalue weighted by molar-refractivity contribution is 6.04. The van der Waals surface area contributed by atoms with Crippen molar-refractivity contribution in [1.29, 1.82) is 0 Å². The van der Waals surface area contributed by atoms with Crippen LogP contribution in [-0.2, 0) is 16.6 Å². The summed E-state index contributed by atoms with van der Waals surface area (Å²) in [6, 6.07) is 6.87. The van der Waals surface area contributed by atoms with Crippen molar-refractivity contribution in [1.82, 2.24) is 20.2 Å². The minimum atomic E-state index is -1.17. The molecule has 0 spiro atoms. The van der Waals surface area contributed by atoms with Gasteiger partial charge in [-0.2, -0.15) is 0 Å². The highest BCUT2D eigenvalue weighted by Gasteiger charge is 2.20. The number of carbonyl (C=O) groups excluding carboxylic acids is 1. The first-order valence-corrected chi connectivity index (χ1v) is 5.85. The minimum Gasteiger partial charge on any atom is -0.481 e. The number of carboxylic acid groups (broad SMARTS) is 1. The number of carboxylic acids is 1. The summed E-state index contributed by atoms with van der Waals surface area (Å²) in [7, 11) is 1.70. The second-order valence-electron chi connectivity index (χ2n) is 4.26. The molecule has 1 aromatic carbocycles. The lowest BCUT2D eigenvalue weighted by atomic mass is 10.1. The van der Waals surface area contributed by atoms with Crippen molar-refractivity contribution in [2.24, 2.45) is 13.0 Å². The fourth-order valence-electron chi connectivity index (χ4n) is 1.57. The van der Waals surface area contributed by atoms with E-state index in [1.165, 1.54) is 11.6 Å². The van der Waals surface area contributed by atoms with Crippen molar-refractivity contribution in [2.45, 2.75) is 6.92 Å². The third kappa shape index (κ3) is 2.79. The van der Waals surface area contributed by atoms with Gasteiger partial charge in [-0.15, -0.1) is 5.10 Å². The maximum atomic E-state index is 11.7. The number of rotatable bonds is 4. The van der Waals surface area contributed by atoms with Crippen LogP contribution in [0.4, 0.5) is 5.69 Å². The van der Waals surface area contributed by atoms with Gasteiger partial charge >= 0.3 is 5.97 Å². The van der Waals surface area contributed by atoms with Crippen molar-refractivity contribution < 1.29 is 14.7 Å². The van der Waals surface area contributed by atoms with Crippen LogP contribution in [0, 0.1) is 5.92 Å². The van der Waals surface area contributed by atoms with E-state index in [1.54, 1.807) is 31.3 Å². The van der Waals surface area contributed by atoms with Crippen LogP contribution < -0.4 is 5.32 Å². The highest BCUT2D eigenvalue weighted by atomic mass is 16.4. The molecular weight excluding hydrogens is 262 g/mol. The van der Waals surface area contributed by atoms with Gasteiger partial charge in [-0.1, -0.05) is 12.1 Å². The number of nitrogens with one attached hydrogen (secondary N) is 1. The topological polar surface area (TPSA) is 110 Å². The average Bonchev–Trinajstić information content (AvgIpc) is 2.84. The molecule has 104 valence electrons. The zero-order chi connectivity index (χ0) is 14.7. The van der Waals surface area contributed by atoms with E-state index in [0.29, 0.717) is 11.5 Å². The first kappa shape index (κ1) is 13.7. The Balaban J connectivity index is 2.21. The Hall–Kier alpha value is -2.77. The van der Waals surface area contributed by atoms with Crippen LogP contribution >= 0.6 is 0 Å². The Bertz CT molecular complexity index is 652. The Morgan fingerprint density at radius 1 is 1.40 bits per heavy atom. The predicted molar refractivity (Wildman–Crippen MR) is 69.7 cm³/mol. The maximum absolute atomic E-state index is 11.7. The number of anilines is 1. The van der Waals surface area contributed by atoms with E-state index in [4.69, 9.17) is 5.11 Å². The Morgan fingerprint density at radius 2 is 2.15 bits per heavy atom. The number of hydrogen-bond donors (Lipinski definition) is 2. The first-order valence-electron chi connectivity index (χ1n) is 5.85. The van der Waals surface area contributed by atoms with Gasteiger partial charge in [-0.3, -0.25) is 9.59 Å². The molecule has 0 aliphatic carbocycles. The molecule has 0 radical (unpaired) electrons. The van der Waals surface area contributed by atoms with Gasteiger partial charge in [0.25, 0.3) is 0 Å². The van der Waals surface area contributed by atoms with E-state index in [2.05, 4.69) is 20.8 Å². The molecule has 2 N–H and O–H groups in total. The van der Waals surface area contributed by atoms with Gasteiger partial charge in [-0.05, 0) is 29.5 Å². The molecule has 0 bridgehead atoms. The Labute approximate surface area is 114 Å². The van der Waals surface area contributed by atoms with Gasteiger partial charge < -0.3 is 10.4 Å². The second-order valence-corrected chi connectivity index (χ2v) is 4.26. The zero-order valence-electron chi connectivity index (χ0n) is 10.9. The standard InChI is InChI=1S/C12H13N5O3/c1-7(12(19)20)11(18)13-9-5-3-4-8(6-9)10-14-15-16-17(10)2/h3-7H,1-2H3,(H,13,18)(H,19,20). The number of carbonyl (C=O) groups is 2. The fraction of sp³-hybridized carbons (Fsp3) is 0.250. The van der Waals surface area contributed by atoms with Gasteiger partial charge in [0.2, 0.25) is 5.91 Å². The van der Waals surface area contributed by atoms with Crippen LogP contribution in [0.3, 0.4) is 0 Å². The average molecular weight is 275 g/mol. The van der Waals surface area contributed by atoms with Crippen LogP contribution in [0.5, 0.6) is 0 Å². The SMILES string of the molecule is CC(C(=O)O)C(=O)Nc1cccc(-c2nnnn2C)c1. The van der Waals surface area contributed by atoms with Crippen LogP contribution in [-0.4, -0.2) is 37.2 Å². The number of hydrogen-bond acceptors (Lipinski definition) is 5. The fourth-order valence-corrected chi connectivity index (χ4v) is 1.57. The molecule has 1 aromatic heterocycles. The number of nitrogens with zero attached hydrogens (tertiary/aromatic N) is 4. The van der Waals surface area contributed by atoms with Crippen molar-refractivity contribution in [3.63, 3.8) is 0 Å². The van der Waals surface area contributed by atoms with Crippen LogP contribution in [0.15, 0.2) is 24.3 Å². The molecular formula is C12H13N5O3. The Kier molecular flexibility index (Phi) is 3.74. The minimum absolute atomic E-state index is 0.489. The molecule has 2 rings (SSSR count). The van der Waals surface area contributed by atoms with Gasteiger partial charge in [0.1, 0.15) is 5.92 Å². The molecule has 1 atom stereocenters. The van der Waals surface area contributed by atoms with E-state index < -0.39 is 17.8 Å². The van der Waals surface area contributed by atoms with E-state index in [0.717, 1.165) is 5.56 Å². The number of benzene rings is 1. The molecule has 1 heterocycles. The summed E-state index contributed by atoms with van der Waals surface area (Å²) in [5.41, 5.74) is 1.21. The summed E-state index contributed by atoms with van der Waals surface area (Å²) >= 11 is 0. The number of tetrazole rings is 1. The van der Waals surface area contributed by atoms with Crippen LogP contribution in [0.25, 0.3) is 11.4 Å². The van der Waals surface area contributed by atoms with Crippen molar-refractivity contribution in [2.75, 3.05) is 5.32 Å². The van der Waals surface area contributed by atoms with E-state index in [9.17, 15) is 9.59 Å². The second kappa shape index (κ2) is 5.47. The summed E-state index contributed by atoms with van der Waals surface area (Å²) in [6.45, 7) is 1.33. The van der Waals surface area contributed by atoms with E-state index in [-0.39, 0.29) is 0 Å². The van der Waals surface area contributed by atoms with Crippen molar-refractivity contribution in [3.8, 4) is 11.4 Å². The smallest absolute Gasteiger partial charge is 0.315 e.